The van der Waals surface area contributed by atoms with Gasteiger partial charge in [0.1, 0.15) is 0 Å². The van der Waals surface area contributed by atoms with Crippen LogP contribution in [-0.2, 0) is 4.74 Å². The molecule has 0 amide bonds. The molecule has 1 rings (SSSR count). The summed E-state index contributed by atoms with van der Waals surface area (Å²) in [4.78, 5) is 11.3. The topological polar surface area (TPSA) is 78.3 Å². The van der Waals surface area contributed by atoms with Crippen LogP contribution < -0.4 is 11.5 Å². The van der Waals surface area contributed by atoms with Gasteiger partial charge in [-0.1, -0.05) is 12.7 Å². The van der Waals surface area contributed by atoms with Crippen LogP contribution in [0.2, 0.25) is 0 Å². The summed E-state index contributed by atoms with van der Waals surface area (Å²) in [6.45, 7) is 3.57. The van der Waals surface area contributed by atoms with Crippen LogP contribution in [0.25, 0.3) is 6.08 Å². The molecule has 0 saturated carbocycles. The Morgan fingerprint density at radius 1 is 1.50 bits per heavy atom. The van der Waals surface area contributed by atoms with Gasteiger partial charge < -0.3 is 16.2 Å². The average Bonchev–Trinajstić information content (AvgIpc) is 2.15. The van der Waals surface area contributed by atoms with Crippen molar-refractivity contribution in [3.05, 3.63) is 29.8 Å². The normalized spacial score (nSPS) is 9.50. The van der Waals surface area contributed by atoms with E-state index in [9.17, 15) is 4.79 Å². The van der Waals surface area contributed by atoms with E-state index in [0.717, 1.165) is 0 Å². The summed E-state index contributed by atoms with van der Waals surface area (Å²) in [5.74, 6) is -0.473. The maximum absolute atomic E-state index is 11.3. The highest BCUT2D eigenvalue weighted by molar-refractivity contribution is 5.97. The standard InChI is InChI=1S/C10H12N2O2/c1-3-7-8(10(13)14-2)4-6(11)5-9(7)12/h3-5H,1,11-12H2,2H3. The zero-order chi connectivity index (χ0) is 10.7. The van der Waals surface area contributed by atoms with Crippen LogP contribution in [0, 0.1) is 0 Å². The van der Waals surface area contributed by atoms with Crippen molar-refractivity contribution in [2.75, 3.05) is 18.6 Å². The molecule has 0 spiro atoms. The smallest absolute Gasteiger partial charge is 0.338 e. The Bertz CT molecular complexity index is 386. The number of carbonyl (C=O) groups is 1. The van der Waals surface area contributed by atoms with Crippen molar-refractivity contribution >= 4 is 23.4 Å². The number of rotatable bonds is 2. The molecule has 0 heterocycles. The minimum Gasteiger partial charge on any atom is -0.465 e. The summed E-state index contributed by atoms with van der Waals surface area (Å²) in [7, 11) is 1.30. The third-order valence-corrected chi connectivity index (χ3v) is 1.84. The first kappa shape index (κ1) is 10.1. The summed E-state index contributed by atoms with van der Waals surface area (Å²) in [5, 5.41) is 0. The number of esters is 1. The van der Waals surface area contributed by atoms with Gasteiger partial charge in [-0.05, 0) is 12.1 Å². The van der Waals surface area contributed by atoms with Gasteiger partial charge in [0, 0.05) is 16.9 Å². The molecule has 14 heavy (non-hydrogen) atoms. The Labute approximate surface area is 82.2 Å². The van der Waals surface area contributed by atoms with Gasteiger partial charge >= 0.3 is 5.97 Å². The number of hydrogen-bond donors (Lipinski definition) is 2. The molecule has 0 aromatic heterocycles. The number of anilines is 2. The lowest BCUT2D eigenvalue weighted by Crippen LogP contribution is -2.07. The second-order valence-electron chi connectivity index (χ2n) is 2.77. The first-order chi connectivity index (χ1) is 6.60. The van der Waals surface area contributed by atoms with Crippen molar-refractivity contribution in [3.63, 3.8) is 0 Å². The Kier molecular flexibility index (Phi) is 2.76. The van der Waals surface area contributed by atoms with Crippen molar-refractivity contribution in [3.8, 4) is 0 Å². The number of benzene rings is 1. The maximum atomic E-state index is 11.3. The molecule has 1 aromatic carbocycles. The zero-order valence-electron chi connectivity index (χ0n) is 7.91. The fraction of sp³-hybridized carbons (Fsp3) is 0.100. The summed E-state index contributed by atoms with van der Waals surface area (Å²) in [6.07, 6.45) is 1.50. The van der Waals surface area contributed by atoms with Crippen LogP contribution in [-0.4, -0.2) is 13.1 Å². The van der Waals surface area contributed by atoms with E-state index in [0.29, 0.717) is 22.5 Å². The molecule has 4 heteroatoms. The average molecular weight is 192 g/mol. The lowest BCUT2D eigenvalue weighted by Gasteiger charge is -2.08. The van der Waals surface area contributed by atoms with Gasteiger partial charge in [-0.2, -0.15) is 0 Å². The monoisotopic (exact) mass is 192 g/mol. The highest BCUT2D eigenvalue weighted by atomic mass is 16.5. The van der Waals surface area contributed by atoms with E-state index in [2.05, 4.69) is 11.3 Å². The van der Waals surface area contributed by atoms with E-state index in [1.807, 2.05) is 0 Å². The first-order valence-corrected chi connectivity index (χ1v) is 4.00. The molecule has 0 saturated heterocycles. The van der Waals surface area contributed by atoms with Crippen molar-refractivity contribution in [2.24, 2.45) is 0 Å². The van der Waals surface area contributed by atoms with E-state index in [1.54, 1.807) is 6.07 Å². The Morgan fingerprint density at radius 2 is 2.14 bits per heavy atom. The molecule has 4 N–H and O–H groups in total. The van der Waals surface area contributed by atoms with Crippen molar-refractivity contribution in [2.45, 2.75) is 0 Å². The van der Waals surface area contributed by atoms with E-state index < -0.39 is 5.97 Å². The number of nitrogen functional groups attached to an aromatic ring is 2. The first-order valence-electron chi connectivity index (χ1n) is 4.00. The minimum absolute atomic E-state index is 0.333. The number of methoxy groups -OCH3 is 1. The minimum atomic E-state index is -0.473. The Morgan fingerprint density at radius 3 is 2.64 bits per heavy atom. The number of ether oxygens (including phenoxy) is 1. The lowest BCUT2D eigenvalue weighted by atomic mass is 10.0. The van der Waals surface area contributed by atoms with E-state index in [1.165, 1.54) is 19.3 Å². The molecule has 74 valence electrons. The molecule has 0 radical (unpaired) electrons. The summed E-state index contributed by atoms with van der Waals surface area (Å²) in [5.41, 5.74) is 12.9. The van der Waals surface area contributed by atoms with Crippen LogP contribution in [0.1, 0.15) is 15.9 Å². The molecule has 1 aromatic rings. The molecule has 0 atom stereocenters. The van der Waals surface area contributed by atoms with Gasteiger partial charge in [-0.3, -0.25) is 0 Å². The maximum Gasteiger partial charge on any atom is 0.338 e. The third-order valence-electron chi connectivity index (χ3n) is 1.84. The van der Waals surface area contributed by atoms with Crippen molar-refractivity contribution in [1.82, 2.24) is 0 Å². The van der Waals surface area contributed by atoms with Crippen LogP contribution >= 0.6 is 0 Å². The van der Waals surface area contributed by atoms with Gasteiger partial charge in [-0.25, -0.2) is 4.79 Å². The number of hydrogen-bond acceptors (Lipinski definition) is 4. The fourth-order valence-corrected chi connectivity index (χ4v) is 1.21. The van der Waals surface area contributed by atoms with Gasteiger partial charge in [-0.15, -0.1) is 0 Å². The largest absolute Gasteiger partial charge is 0.465 e. The van der Waals surface area contributed by atoms with Gasteiger partial charge in [0.15, 0.2) is 0 Å². The predicted octanol–water partition coefficient (Wildman–Crippen LogP) is 1.28. The fourth-order valence-electron chi connectivity index (χ4n) is 1.21. The molecule has 0 fully saturated rings. The molecular weight excluding hydrogens is 180 g/mol. The van der Waals surface area contributed by atoms with Crippen molar-refractivity contribution in [1.29, 1.82) is 0 Å². The quantitative estimate of drug-likeness (QED) is 0.546. The SMILES string of the molecule is C=Cc1c(N)cc(N)cc1C(=O)OC. The Hall–Kier alpha value is -1.97. The second-order valence-corrected chi connectivity index (χ2v) is 2.77. The molecule has 0 aliphatic rings. The van der Waals surface area contributed by atoms with Gasteiger partial charge in [0.05, 0.1) is 12.7 Å². The molecule has 0 bridgehead atoms. The van der Waals surface area contributed by atoms with Crippen molar-refractivity contribution < 1.29 is 9.53 Å². The molecule has 0 aliphatic heterocycles. The highest BCUT2D eigenvalue weighted by Crippen LogP contribution is 2.23. The summed E-state index contributed by atoms with van der Waals surface area (Å²) >= 11 is 0. The highest BCUT2D eigenvalue weighted by Gasteiger charge is 2.12. The van der Waals surface area contributed by atoms with Crippen LogP contribution in [0.5, 0.6) is 0 Å². The van der Waals surface area contributed by atoms with Crippen LogP contribution in [0.3, 0.4) is 0 Å². The summed E-state index contributed by atoms with van der Waals surface area (Å²) in [6, 6.07) is 3.09. The third kappa shape index (κ3) is 1.69. The predicted molar refractivity (Wildman–Crippen MR) is 56.7 cm³/mol. The number of carbonyl (C=O) groups excluding carboxylic acids is 1. The molecule has 0 unspecified atom stereocenters. The van der Waals surface area contributed by atoms with E-state index in [-0.39, 0.29) is 0 Å². The number of nitrogens with two attached hydrogens (primary N) is 2. The van der Waals surface area contributed by atoms with E-state index >= 15 is 0 Å². The lowest BCUT2D eigenvalue weighted by molar-refractivity contribution is 0.0600. The molecule has 4 nitrogen and oxygen atoms in total. The summed E-state index contributed by atoms with van der Waals surface area (Å²) < 4.78 is 4.59. The zero-order valence-corrected chi connectivity index (χ0v) is 7.91. The molecular formula is C10H12N2O2. The Balaban J connectivity index is 3.39. The van der Waals surface area contributed by atoms with Crippen LogP contribution in [0.4, 0.5) is 11.4 Å². The second kappa shape index (κ2) is 3.83. The van der Waals surface area contributed by atoms with E-state index in [4.69, 9.17) is 11.5 Å². The van der Waals surface area contributed by atoms with Gasteiger partial charge in [0.25, 0.3) is 0 Å². The molecule has 0 aliphatic carbocycles. The van der Waals surface area contributed by atoms with Gasteiger partial charge in [0.2, 0.25) is 0 Å². The van der Waals surface area contributed by atoms with Crippen LogP contribution in [0.15, 0.2) is 18.7 Å².